The van der Waals surface area contributed by atoms with Gasteiger partial charge in [-0.1, -0.05) is 17.7 Å². The van der Waals surface area contributed by atoms with Crippen LogP contribution >= 0.6 is 11.6 Å². The summed E-state index contributed by atoms with van der Waals surface area (Å²) in [5.41, 5.74) is -0.537. The van der Waals surface area contributed by atoms with Gasteiger partial charge in [-0.25, -0.2) is 23.1 Å². The van der Waals surface area contributed by atoms with Gasteiger partial charge in [-0.05, 0) is 42.0 Å². The molecule has 3 aromatic rings. The van der Waals surface area contributed by atoms with Crippen molar-refractivity contribution in [1.29, 1.82) is 0 Å². The topological polar surface area (TPSA) is 66.9 Å². The fraction of sp³-hybridized carbons (Fsp3) is 0.136. The van der Waals surface area contributed by atoms with Gasteiger partial charge in [-0.3, -0.25) is 15.6 Å². The molecule has 1 heterocycles. The van der Waals surface area contributed by atoms with Gasteiger partial charge in [0.05, 0.1) is 16.1 Å². The summed E-state index contributed by atoms with van der Waals surface area (Å²) in [7, 11) is 0. The molecule has 0 radical (unpaired) electrons. The lowest BCUT2D eigenvalue weighted by atomic mass is 9.95. The maximum absolute atomic E-state index is 14.8. The smallest absolute Gasteiger partial charge is 0.267 e. The molecule has 0 aliphatic rings. The molecule has 5 nitrogen and oxygen atoms in total. The van der Waals surface area contributed by atoms with E-state index in [1.807, 2.05) is 5.43 Å². The van der Waals surface area contributed by atoms with Gasteiger partial charge in [0.15, 0.2) is 11.6 Å². The summed E-state index contributed by atoms with van der Waals surface area (Å²) in [6.07, 6.45) is -8.05. The Hall–Kier alpha value is -3.81. The lowest BCUT2D eigenvalue weighted by molar-refractivity contribution is -0.140. The standard InChI is InChI=1S/C22H12ClF9N4O/c23-15-7-11(8-17(25)18(15)26)13(21(27,28)29)9-16(24)10-2-3-12(14(6-10)22(30,31)32)19(37)35-36-20-33-4-1-5-34-20/h1-9,13H,(H,35,37)(H,33,34,36)/b16-9-. The predicted octanol–water partition coefficient (Wildman–Crippen LogP) is 6.84. The molecular weight excluding hydrogens is 543 g/mol. The maximum Gasteiger partial charge on any atom is 0.417 e. The number of hydrogen-bond acceptors (Lipinski definition) is 4. The summed E-state index contributed by atoms with van der Waals surface area (Å²) < 4.78 is 123. The van der Waals surface area contributed by atoms with Gasteiger partial charge in [-0.2, -0.15) is 26.3 Å². The van der Waals surface area contributed by atoms with Crippen LogP contribution in [0.1, 0.15) is 33.0 Å². The van der Waals surface area contributed by atoms with E-state index in [9.17, 15) is 44.3 Å². The van der Waals surface area contributed by atoms with Crippen molar-refractivity contribution in [1.82, 2.24) is 15.4 Å². The lowest BCUT2D eigenvalue weighted by Gasteiger charge is -2.19. The molecule has 1 aromatic heterocycles. The van der Waals surface area contributed by atoms with Crippen molar-refractivity contribution in [2.45, 2.75) is 18.3 Å². The first-order valence-corrected chi connectivity index (χ1v) is 10.2. The molecular formula is C22H12ClF9N4O. The average Bonchev–Trinajstić information content (AvgIpc) is 2.83. The minimum absolute atomic E-state index is 0.119. The van der Waals surface area contributed by atoms with Crippen LogP contribution in [0.5, 0.6) is 0 Å². The highest BCUT2D eigenvalue weighted by Crippen LogP contribution is 2.41. The highest BCUT2D eigenvalue weighted by atomic mass is 35.5. The number of anilines is 1. The van der Waals surface area contributed by atoms with Crippen molar-refractivity contribution >= 4 is 29.3 Å². The number of hydrazine groups is 1. The van der Waals surface area contributed by atoms with Crippen LogP contribution in [0.3, 0.4) is 0 Å². The average molecular weight is 555 g/mol. The van der Waals surface area contributed by atoms with E-state index in [0.717, 1.165) is 0 Å². The van der Waals surface area contributed by atoms with Crippen molar-refractivity contribution < 1.29 is 44.3 Å². The van der Waals surface area contributed by atoms with Crippen LogP contribution in [0.15, 0.2) is 54.9 Å². The fourth-order valence-electron chi connectivity index (χ4n) is 3.05. The van der Waals surface area contributed by atoms with Crippen molar-refractivity contribution in [3.8, 4) is 0 Å². The fourth-order valence-corrected chi connectivity index (χ4v) is 3.26. The molecule has 3 rings (SSSR count). The Bertz CT molecular complexity index is 1300. The number of halogens is 10. The third-order valence-electron chi connectivity index (χ3n) is 4.73. The molecule has 1 unspecified atom stereocenters. The summed E-state index contributed by atoms with van der Waals surface area (Å²) in [4.78, 5) is 19.6. The second kappa shape index (κ2) is 10.7. The number of hydrogen-bond donors (Lipinski definition) is 2. The van der Waals surface area contributed by atoms with E-state index in [1.54, 1.807) is 0 Å². The van der Waals surface area contributed by atoms with E-state index < -0.39 is 68.9 Å². The summed E-state index contributed by atoms with van der Waals surface area (Å²) >= 11 is 5.38. The first-order chi connectivity index (χ1) is 17.2. The summed E-state index contributed by atoms with van der Waals surface area (Å²) in [5, 5.41) is -1.01. The number of carbonyl (C=O) groups excluding carboxylic acids is 1. The summed E-state index contributed by atoms with van der Waals surface area (Å²) in [5.74, 6) is -9.54. The van der Waals surface area contributed by atoms with Gasteiger partial charge in [0.25, 0.3) is 5.91 Å². The summed E-state index contributed by atoms with van der Waals surface area (Å²) in [6, 6.07) is 3.30. The van der Waals surface area contributed by atoms with Gasteiger partial charge >= 0.3 is 12.4 Å². The molecule has 0 saturated heterocycles. The van der Waals surface area contributed by atoms with E-state index >= 15 is 0 Å². The SMILES string of the molecule is O=C(NNc1ncccn1)c1ccc(/C(F)=C/C(c2cc(F)c(F)c(Cl)c2)C(F)(F)F)cc1C(F)(F)F. The van der Waals surface area contributed by atoms with E-state index in [4.69, 9.17) is 11.6 Å². The normalized spacial score (nSPS) is 13.3. The zero-order valence-corrected chi connectivity index (χ0v) is 18.6. The monoisotopic (exact) mass is 554 g/mol. The first-order valence-electron chi connectivity index (χ1n) is 9.82. The molecule has 1 atom stereocenters. The van der Waals surface area contributed by atoms with Crippen LogP contribution in [-0.2, 0) is 6.18 Å². The third-order valence-corrected chi connectivity index (χ3v) is 5.00. The predicted molar refractivity (Wildman–Crippen MR) is 114 cm³/mol. The molecule has 15 heteroatoms. The van der Waals surface area contributed by atoms with Crippen molar-refractivity contribution in [3.05, 3.63) is 93.8 Å². The second-order valence-corrected chi connectivity index (χ2v) is 7.65. The number of nitrogens with one attached hydrogen (secondary N) is 2. The number of allylic oxidation sites excluding steroid dienone is 1. The molecule has 1 amide bonds. The maximum atomic E-state index is 14.8. The van der Waals surface area contributed by atoms with Crippen LogP contribution in [-0.4, -0.2) is 22.1 Å². The van der Waals surface area contributed by atoms with Crippen LogP contribution in [0.4, 0.5) is 45.5 Å². The Morgan fingerprint density at radius 3 is 2.22 bits per heavy atom. The van der Waals surface area contributed by atoms with Gasteiger partial charge in [0, 0.05) is 18.0 Å². The van der Waals surface area contributed by atoms with Crippen LogP contribution in [0.2, 0.25) is 5.02 Å². The summed E-state index contributed by atoms with van der Waals surface area (Å²) in [6.45, 7) is 0. The van der Waals surface area contributed by atoms with Crippen LogP contribution in [0, 0.1) is 11.6 Å². The largest absolute Gasteiger partial charge is 0.417 e. The number of benzene rings is 2. The zero-order chi connectivity index (χ0) is 27.5. The highest BCUT2D eigenvalue weighted by molar-refractivity contribution is 6.30. The Kier molecular flexibility index (Phi) is 8.00. The first kappa shape index (κ1) is 27.8. The number of carbonyl (C=O) groups is 1. The number of rotatable bonds is 6. The van der Waals surface area contributed by atoms with Gasteiger partial charge in [0.1, 0.15) is 11.7 Å². The van der Waals surface area contributed by atoms with Gasteiger partial charge in [-0.15, -0.1) is 0 Å². The van der Waals surface area contributed by atoms with Crippen LogP contribution in [0.25, 0.3) is 5.83 Å². The Labute approximate surface area is 207 Å². The molecule has 0 aliphatic heterocycles. The van der Waals surface area contributed by atoms with E-state index in [1.165, 1.54) is 18.5 Å². The number of aromatic nitrogens is 2. The van der Waals surface area contributed by atoms with Crippen molar-refractivity contribution in [2.75, 3.05) is 5.43 Å². The Morgan fingerprint density at radius 2 is 1.65 bits per heavy atom. The van der Waals surface area contributed by atoms with Crippen molar-refractivity contribution in [2.24, 2.45) is 0 Å². The van der Waals surface area contributed by atoms with E-state index in [0.29, 0.717) is 18.2 Å². The highest BCUT2D eigenvalue weighted by Gasteiger charge is 2.41. The lowest BCUT2D eigenvalue weighted by Crippen LogP contribution is -2.32. The van der Waals surface area contributed by atoms with E-state index in [-0.39, 0.29) is 24.2 Å². The molecule has 2 N–H and O–H groups in total. The van der Waals surface area contributed by atoms with Crippen molar-refractivity contribution in [3.63, 3.8) is 0 Å². The number of amides is 1. The number of nitrogens with zero attached hydrogens (tertiary/aromatic N) is 2. The molecule has 196 valence electrons. The molecule has 0 bridgehead atoms. The minimum Gasteiger partial charge on any atom is -0.267 e. The molecule has 0 spiro atoms. The second-order valence-electron chi connectivity index (χ2n) is 7.24. The molecule has 0 aliphatic carbocycles. The number of alkyl halides is 6. The molecule has 37 heavy (non-hydrogen) atoms. The van der Waals surface area contributed by atoms with Crippen LogP contribution < -0.4 is 10.9 Å². The minimum atomic E-state index is -5.26. The quantitative estimate of drug-likeness (QED) is 0.199. The molecule has 0 saturated carbocycles. The molecule has 2 aromatic carbocycles. The van der Waals surface area contributed by atoms with E-state index in [2.05, 4.69) is 15.4 Å². The van der Waals surface area contributed by atoms with Gasteiger partial charge < -0.3 is 0 Å². The Balaban J connectivity index is 1.99. The Morgan fingerprint density at radius 1 is 1.00 bits per heavy atom. The third kappa shape index (κ3) is 6.70. The van der Waals surface area contributed by atoms with Gasteiger partial charge in [0.2, 0.25) is 5.95 Å². The zero-order valence-electron chi connectivity index (χ0n) is 17.9. The molecule has 0 fully saturated rings.